The van der Waals surface area contributed by atoms with Gasteiger partial charge in [0.25, 0.3) is 0 Å². The molecule has 0 radical (unpaired) electrons. The number of benzene rings is 2. The average molecular weight is 384 g/mol. The summed E-state index contributed by atoms with van der Waals surface area (Å²) in [6.45, 7) is 4.92. The summed E-state index contributed by atoms with van der Waals surface area (Å²) in [4.78, 5) is 2.80. The Kier molecular flexibility index (Phi) is 4.98. The lowest BCUT2D eigenvalue weighted by Gasteiger charge is -2.57. The molecule has 3 aliphatic rings. The number of halogens is 1. The van der Waals surface area contributed by atoms with Crippen molar-refractivity contribution in [1.82, 2.24) is 4.90 Å². The molecule has 0 unspecified atom stereocenters. The van der Waals surface area contributed by atoms with Gasteiger partial charge in [0, 0.05) is 18.0 Å². The first-order chi connectivity index (χ1) is 12.7. The van der Waals surface area contributed by atoms with Crippen LogP contribution in [0.3, 0.4) is 0 Å². The van der Waals surface area contributed by atoms with Crippen molar-refractivity contribution in [3.05, 3.63) is 65.2 Å². The predicted octanol–water partition coefficient (Wildman–Crippen LogP) is 5.17. The van der Waals surface area contributed by atoms with Gasteiger partial charge in [0.15, 0.2) is 0 Å². The highest BCUT2D eigenvalue weighted by Gasteiger charge is 2.52. The normalized spacial score (nSPS) is 30.1. The summed E-state index contributed by atoms with van der Waals surface area (Å²) in [6.07, 6.45) is 6.54. The van der Waals surface area contributed by atoms with Crippen LogP contribution >= 0.6 is 12.4 Å². The van der Waals surface area contributed by atoms with Crippen LogP contribution in [-0.4, -0.2) is 29.1 Å². The van der Waals surface area contributed by atoms with Crippen LogP contribution in [0.1, 0.15) is 49.3 Å². The van der Waals surface area contributed by atoms with Crippen LogP contribution in [-0.2, 0) is 11.8 Å². The lowest BCUT2D eigenvalue weighted by atomic mass is 9.55. The molecule has 1 aliphatic heterocycles. The Labute approximate surface area is 169 Å². The molecule has 2 aliphatic carbocycles. The van der Waals surface area contributed by atoms with Crippen LogP contribution in [0.15, 0.2) is 48.5 Å². The molecule has 1 saturated heterocycles. The summed E-state index contributed by atoms with van der Waals surface area (Å²) >= 11 is 0. The van der Waals surface area contributed by atoms with E-state index in [1.807, 2.05) is 6.07 Å². The Hall–Kier alpha value is -1.51. The van der Waals surface area contributed by atoms with E-state index < -0.39 is 0 Å². The van der Waals surface area contributed by atoms with Gasteiger partial charge in [-0.2, -0.15) is 0 Å². The molecule has 2 nitrogen and oxygen atoms in total. The summed E-state index contributed by atoms with van der Waals surface area (Å²) in [6, 6.07) is 17.8. The van der Waals surface area contributed by atoms with Gasteiger partial charge in [0.2, 0.25) is 0 Å². The lowest BCUT2D eigenvalue weighted by molar-refractivity contribution is 0.0200. The molecule has 5 rings (SSSR count). The van der Waals surface area contributed by atoms with E-state index in [0.29, 0.717) is 17.7 Å². The van der Waals surface area contributed by atoms with Crippen LogP contribution in [0.4, 0.5) is 0 Å². The van der Waals surface area contributed by atoms with Crippen molar-refractivity contribution in [2.24, 2.45) is 11.8 Å². The third-order valence-electron chi connectivity index (χ3n) is 7.63. The standard InChI is InChI=1S/C24H29NO.ClH/c1-17-23-14-19-10-11-21(26)15-22(19)24(17,20-8-3-2-4-9-20)12-13-25(23)16-18-6-5-7-18;/h2-4,8-11,15,17-18,23,26H,5-7,12-14,16H2,1H3;1H/t17-,23-,24+;/m1./s1. The number of phenolic OH excluding ortho intramolecular Hbond substituents is 1. The summed E-state index contributed by atoms with van der Waals surface area (Å²) in [5.41, 5.74) is 4.27. The number of rotatable bonds is 3. The minimum absolute atomic E-state index is 0. The lowest BCUT2D eigenvalue weighted by Crippen LogP contribution is -2.60. The monoisotopic (exact) mass is 383 g/mol. The number of nitrogens with zero attached hydrogens (tertiary/aromatic N) is 1. The van der Waals surface area contributed by atoms with Crippen LogP contribution in [0.5, 0.6) is 5.75 Å². The van der Waals surface area contributed by atoms with Crippen molar-refractivity contribution < 1.29 is 5.11 Å². The average Bonchev–Trinajstić information content (AvgIpc) is 2.62. The first-order valence-electron chi connectivity index (χ1n) is 10.3. The Morgan fingerprint density at radius 3 is 2.59 bits per heavy atom. The number of phenols is 1. The topological polar surface area (TPSA) is 23.5 Å². The van der Waals surface area contributed by atoms with E-state index in [1.54, 1.807) is 0 Å². The number of aromatic hydroxyl groups is 1. The molecule has 0 spiro atoms. The summed E-state index contributed by atoms with van der Waals surface area (Å²) in [5.74, 6) is 1.89. The van der Waals surface area contributed by atoms with Crippen LogP contribution in [0.25, 0.3) is 0 Å². The molecule has 3 heteroatoms. The van der Waals surface area contributed by atoms with Crippen molar-refractivity contribution in [3.8, 4) is 5.75 Å². The van der Waals surface area contributed by atoms with Crippen molar-refractivity contribution in [1.29, 1.82) is 0 Å². The molecular formula is C24H30ClNO. The quantitative estimate of drug-likeness (QED) is 0.790. The SMILES string of the molecule is C[C@@H]1[C@H]2Cc3ccc(O)cc3[C@@]1(c1ccccc1)CCN2CC1CCC1.Cl. The summed E-state index contributed by atoms with van der Waals surface area (Å²) in [7, 11) is 0. The number of likely N-dealkylation sites (tertiary alicyclic amines) is 1. The molecule has 2 aromatic carbocycles. The highest BCUT2D eigenvalue weighted by atomic mass is 35.5. The van der Waals surface area contributed by atoms with Gasteiger partial charge >= 0.3 is 0 Å². The van der Waals surface area contributed by atoms with Gasteiger partial charge in [-0.25, -0.2) is 0 Å². The van der Waals surface area contributed by atoms with Crippen molar-refractivity contribution in [2.75, 3.05) is 13.1 Å². The van der Waals surface area contributed by atoms with Crippen molar-refractivity contribution in [3.63, 3.8) is 0 Å². The van der Waals surface area contributed by atoms with Gasteiger partial charge in [-0.1, -0.05) is 49.7 Å². The molecule has 3 atom stereocenters. The van der Waals surface area contributed by atoms with E-state index in [4.69, 9.17) is 0 Å². The maximum absolute atomic E-state index is 10.2. The van der Waals surface area contributed by atoms with Crippen molar-refractivity contribution in [2.45, 2.75) is 50.5 Å². The van der Waals surface area contributed by atoms with Crippen LogP contribution in [0.2, 0.25) is 0 Å². The highest BCUT2D eigenvalue weighted by molar-refractivity contribution is 5.85. The zero-order chi connectivity index (χ0) is 17.7. The third-order valence-corrected chi connectivity index (χ3v) is 7.63. The molecule has 2 aromatic rings. The fourth-order valence-electron chi connectivity index (χ4n) is 5.96. The number of piperidine rings is 1. The van der Waals surface area contributed by atoms with Gasteiger partial charge in [-0.3, -0.25) is 4.90 Å². The smallest absolute Gasteiger partial charge is 0.115 e. The van der Waals surface area contributed by atoms with Gasteiger partial charge in [-0.05, 0) is 72.9 Å². The molecule has 0 amide bonds. The maximum atomic E-state index is 10.2. The molecule has 1 heterocycles. The van der Waals surface area contributed by atoms with E-state index in [9.17, 15) is 5.11 Å². The van der Waals surface area contributed by atoms with Crippen LogP contribution in [0, 0.1) is 11.8 Å². The number of hydrogen-bond donors (Lipinski definition) is 1. The zero-order valence-corrected chi connectivity index (χ0v) is 16.9. The second kappa shape index (κ2) is 7.14. The summed E-state index contributed by atoms with van der Waals surface area (Å²) < 4.78 is 0. The highest BCUT2D eigenvalue weighted by Crippen LogP contribution is 2.53. The van der Waals surface area contributed by atoms with Crippen molar-refractivity contribution >= 4 is 12.4 Å². The minimum atomic E-state index is 0. The zero-order valence-electron chi connectivity index (χ0n) is 16.1. The van der Waals surface area contributed by atoms with Crippen LogP contribution < -0.4 is 0 Å². The van der Waals surface area contributed by atoms with Gasteiger partial charge in [0.05, 0.1) is 0 Å². The Morgan fingerprint density at radius 1 is 1.11 bits per heavy atom. The van der Waals surface area contributed by atoms with E-state index in [0.717, 1.165) is 18.8 Å². The van der Waals surface area contributed by atoms with Gasteiger partial charge in [-0.15, -0.1) is 12.4 Å². The fourth-order valence-corrected chi connectivity index (χ4v) is 5.96. The molecule has 144 valence electrons. The molecule has 2 fully saturated rings. The van der Waals surface area contributed by atoms with E-state index in [2.05, 4.69) is 54.3 Å². The second-order valence-corrected chi connectivity index (χ2v) is 8.78. The molecule has 1 saturated carbocycles. The fraction of sp³-hybridized carbons (Fsp3) is 0.500. The number of fused-ring (bicyclic) bond motifs is 4. The first kappa shape index (κ1) is 18.8. The molecule has 1 N–H and O–H groups in total. The van der Waals surface area contributed by atoms with E-state index in [-0.39, 0.29) is 17.8 Å². The Balaban J connectivity index is 0.00000180. The molecule has 2 bridgehead atoms. The Morgan fingerprint density at radius 2 is 1.89 bits per heavy atom. The second-order valence-electron chi connectivity index (χ2n) is 8.78. The maximum Gasteiger partial charge on any atom is 0.115 e. The van der Waals surface area contributed by atoms with E-state index in [1.165, 1.54) is 49.0 Å². The Bertz CT molecular complexity index is 803. The predicted molar refractivity (Wildman–Crippen MR) is 113 cm³/mol. The summed E-state index contributed by atoms with van der Waals surface area (Å²) in [5, 5.41) is 10.2. The number of hydrogen-bond acceptors (Lipinski definition) is 2. The molecule has 0 aromatic heterocycles. The van der Waals surface area contributed by atoms with Gasteiger partial charge < -0.3 is 5.11 Å². The largest absolute Gasteiger partial charge is 0.508 e. The van der Waals surface area contributed by atoms with E-state index >= 15 is 0 Å². The first-order valence-corrected chi connectivity index (χ1v) is 10.3. The molecule has 27 heavy (non-hydrogen) atoms. The van der Waals surface area contributed by atoms with Gasteiger partial charge in [0.1, 0.15) is 5.75 Å². The molecular weight excluding hydrogens is 354 g/mol. The minimum Gasteiger partial charge on any atom is -0.508 e. The third kappa shape index (κ3) is 2.89.